The van der Waals surface area contributed by atoms with Crippen molar-refractivity contribution in [1.82, 2.24) is 10.2 Å². The molecule has 1 fully saturated rings. The molecule has 2 N–H and O–H groups in total. The monoisotopic (exact) mass is 334 g/mol. The Morgan fingerprint density at radius 2 is 2.00 bits per heavy atom. The maximum atomic E-state index is 12.5. The summed E-state index contributed by atoms with van der Waals surface area (Å²) in [6.07, 6.45) is 1.49. The fourth-order valence-electron chi connectivity index (χ4n) is 3.14. The third-order valence-electron chi connectivity index (χ3n) is 4.44. The van der Waals surface area contributed by atoms with Gasteiger partial charge in [-0.15, -0.1) is 0 Å². The van der Waals surface area contributed by atoms with Gasteiger partial charge >= 0.3 is 0 Å². The quantitative estimate of drug-likeness (QED) is 0.772. The molecular weight excluding hydrogens is 316 g/mol. The second-order valence-corrected chi connectivity index (χ2v) is 6.27. The topological polar surface area (TPSA) is 78.1 Å². The molecule has 4 rings (SSSR count). The van der Waals surface area contributed by atoms with Crippen LogP contribution in [0.5, 0.6) is 0 Å². The standard InChI is InChI=1S/C19H18N4O2/c1-12-4-9-16-15(11-12)18(22-21-16)19(25)20-13-5-7-14(8-6-13)23-10-2-3-17(23)24/h4-9,11H,2-3,10H2,1H3,(H,20,25)(H,21,22). The first-order valence-corrected chi connectivity index (χ1v) is 8.28. The summed E-state index contributed by atoms with van der Waals surface area (Å²) in [5.41, 5.74) is 3.81. The maximum absolute atomic E-state index is 12.5. The van der Waals surface area contributed by atoms with Crippen LogP contribution in [0.25, 0.3) is 10.9 Å². The Labute approximate surface area is 144 Å². The van der Waals surface area contributed by atoms with Gasteiger partial charge in [0.2, 0.25) is 5.91 Å². The van der Waals surface area contributed by atoms with Crippen molar-refractivity contribution in [3.8, 4) is 0 Å². The van der Waals surface area contributed by atoms with Crippen LogP contribution in [0.1, 0.15) is 28.9 Å². The molecule has 126 valence electrons. The molecule has 0 spiro atoms. The molecule has 0 radical (unpaired) electrons. The summed E-state index contributed by atoms with van der Waals surface area (Å²) < 4.78 is 0. The molecule has 6 nitrogen and oxygen atoms in total. The van der Waals surface area contributed by atoms with Gasteiger partial charge in [-0.1, -0.05) is 11.6 Å². The molecular formula is C19H18N4O2. The highest BCUT2D eigenvalue weighted by Gasteiger charge is 2.21. The van der Waals surface area contributed by atoms with Crippen molar-refractivity contribution in [3.05, 3.63) is 53.7 Å². The number of rotatable bonds is 3. The van der Waals surface area contributed by atoms with Gasteiger partial charge in [-0.25, -0.2) is 0 Å². The van der Waals surface area contributed by atoms with Crippen molar-refractivity contribution >= 4 is 34.1 Å². The maximum Gasteiger partial charge on any atom is 0.276 e. The number of carbonyl (C=O) groups excluding carboxylic acids is 2. The molecule has 0 saturated carbocycles. The number of H-pyrrole nitrogens is 1. The number of aromatic amines is 1. The van der Waals surface area contributed by atoms with E-state index in [1.807, 2.05) is 37.3 Å². The van der Waals surface area contributed by atoms with E-state index < -0.39 is 0 Å². The molecule has 6 heteroatoms. The molecule has 0 unspecified atom stereocenters. The summed E-state index contributed by atoms with van der Waals surface area (Å²) in [6.45, 7) is 2.73. The van der Waals surface area contributed by atoms with E-state index in [-0.39, 0.29) is 11.8 Å². The van der Waals surface area contributed by atoms with Crippen molar-refractivity contribution in [3.63, 3.8) is 0 Å². The Morgan fingerprint density at radius 3 is 2.72 bits per heavy atom. The predicted octanol–water partition coefficient (Wildman–Crippen LogP) is 3.25. The van der Waals surface area contributed by atoms with Gasteiger partial charge in [-0.3, -0.25) is 14.7 Å². The zero-order valence-electron chi connectivity index (χ0n) is 13.9. The number of amides is 2. The molecule has 2 aromatic carbocycles. The van der Waals surface area contributed by atoms with E-state index in [1.165, 1.54) is 0 Å². The Hall–Kier alpha value is -3.15. The molecule has 0 atom stereocenters. The minimum atomic E-state index is -0.262. The van der Waals surface area contributed by atoms with Crippen LogP contribution in [-0.4, -0.2) is 28.6 Å². The van der Waals surface area contributed by atoms with E-state index in [2.05, 4.69) is 15.5 Å². The van der Waals surface area contributed by atoms with Gasteiger partial charge in [0.1, 0.15) is 0 Å². The Balaban J connectivity index is 1.54. The third kappa shape index (κ3) is 2.87. The Bertz CT molecular complexity index is 959. The summed E-state index contributed by atoms with van der Waals surface area (Å²) in [4.78, 5) is 26.1. The molecule has 25 heavy (non-hydrogen) atoms. The highest BCUT2D eigenvalue weighted by molar-refractivity contribution is 6.11. The molecule has 1 aliphatic heterocycles. The summed E-state index contributed by atoms with van der Waals surface area (Å²) in [5, 5.41) is 10.7. The number of hydrogen-bond donors (Lipinski definition) is 2. The van der Waals surface area contributed by atoms with Gasteiger partial charge in [0.25, 0.3) is 5.91 Å². The minimum absolute atomic E-state index is 0.148. The Morgan fingerprint density at radius 1 is 1.20 bits per heavy atom. The van der Waals surface area contributed by atoms with E-state index in [0.29, 0.717) is 17.8 Å². The van der Waals surface area contributed by atoms with Crippen LogP contribution >= 0.6 is 0 Å². The smallest absolute Gasteiger partial charge is 0.276 e. The zero-order valence-corrected chi connectivity index (χ0v) is 13.9. The van der Waals surface area contributed by atoms with E-state index in [0.717, 1.165) is 35.1 Å². The average molecular weight is 334 g/mol. The second kappa shape index (κ2) is 6.05. The highest BCUT2D eigenvalue weighted by atomic mass is 16.2. The molecule has 0 bridgehead atoms. The van der Waals surface area contributed by atoms with Crippen LogP contribution in [0.4, 0.5) is 11.4 Å². The van der Waals surface area contributed by atoms with E-state index in [1.54, 1.807) is 17.0 Å². The van der Waals surface area contributed by atoms with Crippen LogP contribution in [-0.2, 0) is 4.79 Å². The van der Waals surface area contributed by atoms with Gasteiger partial charge in [-0.2, -0.15) is 5.10 Å². The number of nitrogens with zero attached hydrogens (tertiary/aromatic N) is 2. The second-order valence-electron chi connectivity index (χ2n) is 6.27. The largest absolute Gasteiger partial charge is 0.321 e. The molecule has 1 aliphatic rings. The number of fused-ring (bicyclic) bond motifs is 1. The third-order valence-corrected chi connectivity index (χ3v) is 4.44. The Kier molecular flexibility index (Phi) is 3.72. The first-order valence-electron chi connectivity index (χ1n) is 8.28. The van der Waals surface area contributed by atoms with Gasteiger partial charge in [0.15, 0.2) is 5.69 Å². The number of nitrogens with one attached hydrogen (secondary N) is 2. The van der Waals surface area contributed by atoms with Crippen molar-refractivity contribution in [2.45, 2.75) is 19.8 Å². The van der Waals surface area contributed by atoms with Crippen LogP contribution in [0, 0.1) is 6.92 Å². The number of aryl methyl sites for hydroxylation is 1. The highest BCUT2D eigenvalue weighted by Crippen LogP contribution is 2.24. The van der Waals surface area contributed by atoms with Crippen molar-refractivity contribution in [1.29, 1.82) is 0 Å². The average Bonchev–Trinajstić information content (AvgIpc) is 3.21. The van der Waals surface area contributed by atoms with Crippen LogP contribution < -0.4 is 10.2 Å². The number of anilines is 2. The summed E-state index contributed by atoms with van der Waals surface area (Å²) in [5.74, 6) is -0.114. The lowest BCUT2D eigenvalue weighted by molar-refractivity contribution is -0.117. The summed E-state index contributed by atoms with van der Waals surface area (Å²) >= 11 is 0. The molecule has 0 aliphatic carbocycles. The molecule has 2 amide bonds. The van der Waals surface area contributed by atoms with E-state index >= 15 is 0 Å². The number of benzene rings is 2. The van der Waals surface area contributed by atoms with Crippen molar-refractivity contribution < 1.29 is 9.59 Å². The zero-order chi connectivity index (χ0) is 17.4. The fourth-order valence-corrected chi connectivity index (χ4v) is 3.14. The van der Waals surface area contributed by atoms with Crippen LogP contribution in [0.3, 0.4) is 0 Å². The van der Waals surface area contributed by atoms with Gasteiger partial charge in [0.05, 0.1) is 5.52 Å². The predicted molar refractivity (Wildman–Crippen MR) is 96.8 cm³/mol. The van der Waals surface area contributed by atoms with Gasteiger partial charge < -0.3 is 10.2 Å². The first kappa shape index (κ1) is 15.4. The van der Waals surface area contributed by atoms with E-state index in [4.69, 9.17) is 0 Å². The van der Waals surface area contributed by atoms with Crippen LogP contribution in [0.2, 0.25) is 0 Å². The summed E-state index contributed by atoms with van der Waals surface area (Å²) in [6, 6.07) is 13.1. The first-order chi connectivity index (χ1) is 12.1. The number of carbonyl (C=O) groups is 2. The number of hydrogen-bond acceptors (Lipinski definition) is 3. The minimum Gasteiger partial charge on any atom is -0.321 e. The van der Waals surface area contributed by atoms with Gasteiger partial charge in [-0.05, 0) is 49.7 Å². The van der Waals surface area contributed by atoms with Crippen molar-refractivity contribution in [2.24, 2.45) is 0 Å². The SMILES string of the molecule is Cc1ccc2[nH]nc(C(=O)Nc3ccc(N4CCCC4=O)cc3)c2c1. The fraction of sp³-hybridized carbons (Fsp3) is 0.211. The van der Waals surface area contributed by atoms with Gasteiger partial charge in [0, 0.05) is 29.7 Å². The summed E-state index contributed by atoms with van der Waals surface area (Å²) in [7, 11) is 0. The van der Waals surface area contributed by atoms with Crippen molar-refractivity contribution in [2.75, 3.05) is 16.8 Å². The lowest BCUT2D eigenvalue weighted by Crippen LogP contribution is -2.23. The lowest BCUT2D eigenvalue weighted by Gasteiger charge is -2.16. The molecule has 3 aromatic rings. The lowest BCUT2D eigenvalue weighted by atomic mass is 10.1. The molecule has 2 heterocycles. The van der Waals surface area contributed by atoms with Crippen LogP contribution in [0.15, 0.2) is 42.5 Å². The molecule has 1 aromatic heterocycles. The van der Waals surface area contributed by atoms with E-state index in [9.17, 15) is 9.59 Å². The number of aromatic nitrogens is 2. The molecule has 1 saturated heterocycles. The normalized spacial score (nSPS) is 14.3.